The summed E-state index contributed by atoms with van der Waals surface area (Å²) >= 11 is 0. The number of nitrogens with zero attached hydrogens (tertiary/aromatic N) is 1. The van der Waals surface area contributed by atoms with Crippen molar-refractivity contribution in [3.05, 3.63) is 33.6 Å². The second kappa shape index (κ2) is 6.90. The summed E-state index contributed by atoms with van der Waals surface area (Å²) in [6.45, 7) is 2.28. The largest absolute Gasteiger partial charge is 0.396 e. The molecule has 6 heteroatoms. The van der Waals surface area contributed by atoms with E-state index in [9.17, 15) is 14.5 Å². The summed E-state index contributed by atoms with van der Waals surface area (Å²) in [5.41, 5.74) is 0.460. The first-order valence-corrected chi connectivity index (χ1v) is 5.85. The number of nitro groups is 1. The van der Waals surface area contributed by atoms with Crippen LogP contribution in [0.15, 0.2) is 12.1 Å². The van der Waals surface area contributed by atoms with Gasteiger partial charge in [0.25, 0.3) is 5.69 Å². The molecule has 1 aromatic carbocycles. The van der Waals surface area contributed by atoms with E-state index in [0.717, 1.165) is 18.9 Å². The lowest BCUT2D eigenvalue weighted by Crippen LogP contribution is -2.05. The maximum Gasteiger partial charge on any atom is 0.295 e. The van der Waals surface area contributed by atoms with Crippen LogP contribution in [0.25, 0.3) is 0 Å². The monoisotopic (exact) mass is 256 g/mol. The molecule has 0 spiro atoms. The zero-order valence-electron chi connectivity index (χ0n) is 10.3. The normalized spacial score (nSPS) is 10.4. The fourth-order valence-electron chi connectivity index (χ4n) is 1.60. The molecule has 18 heavy (non-hydrogen) atoms. The highest BCUT2D eigenvalue weighted by Gasteiger charge is 2.16. The smallest absolute Gasteiger partial charge is 0.295 e. The number of aliphatic hydroxyl groups excluding tert-OH is 1. The Kier molecular flexibility index (Phi) is 5.51. The first kappa shape index (κ1) is 14.4. The van der Waals surface area contributed by atoms with Gasteiger partial charge in [0.1, 0.15) is 11.5 Å². The topological polar surface area (TPSA) is 75.4 Å². The summed E-state index contributed by atoms with van der Waals surface area (Å²) in [5.74, 6) is -0.576. The number of benzene rings is 1. The molecule has 0 aliphatic rings. The van der Waals surface area contributed by atoms with Gasteiger partial charge in [0.2, 0.25) is 0 Å². The van der Waals surface area contributed by atoms with Crippen LogP contribution in [-0.2, 0) is 0 Å². The van der Waals surface area contributed by atoms with Crippen molar-refractivity contribution >= 4 is 11.4 Å². The van der Waals surface area contributed by atoms with Crippen molar-refractivity contribution < 1.29 is 14.4 Å². The molecule has 0 atom stereocenters. The number of nitro benzene ring substituents is 1. The van der Waals surface area contributed by atoms with Gasteiger partial charge in [0.15, 0.2) is 0 Å². The van der Waals surface area contributed by atoms with Crippen LogP contribution < -0.4 is 5.32 Å². The first-order valence-electron chi connectivity index (χ1n) is 5.85. The molecule has 0 aliphatic carbocycles. The molecule has 0 radical (unpaired) electrons. The molecule has 1 rings (SSSR count). The fraction of sp³-hybridized carbons (Fsp3) is 0.500. The molecule has 100 valence electrons. The Hall–Kier alpha value is -1.69. The van der Waals surface area contributed by atoms with E-state index in [1.807, 2.05) is 0 Å². The van der Waals surface area contributed by atoms with Crippen LogP contribution in [0.2, 0.25) is 0 Å². The maximum absolute atomic E-state index is 13.2. The average Bonchev–Trinajstić information content (AvgIpc) is 2.32. The van der Waals surface area contributed by atoms with Gasteiger partial charge in [-0.2, -0.15) is 0 Å². The van der Waals surface area contributed by atoms with E-state index in [2.05, 4.69) is 5.32 Å². The van der Waals surface area contributed by atoms with Crippen molar-refractivity contribution in [2.75, 3.05) is 18.5 Å². The molecular formula is C12H17FN2O3. The SMILES string of the molecule is Cc1cc(NCCCCCO)c([N+](=O)[O-])cc1F. The summed E-state index contributed by atoms with van der Waals surface area (Å²) in [6, 6.07) is 2.38. The zero-order valence-corrected chi connectivity index (χ0v) is 10.3. The van der Waals surface area contributed by atoms with Gasteiger partial charge in [-0.25, -0.2) is 4.39 Å². The number of nitrogens with one attached hydrogen (secondary N) is 1. The second-order valence-corrected chi connectivity index (χ2v) is 4.09. The standard InChI is InChI=1S/C12H17FN2O3/c1-9-7-11(14-5-3-2-4-6-16)12(15(17)18)8-10(9)13/h7-8,14,16H,2-6H2,1H3. The van der Waals surface area contributed by atoms with Crippen molar-refractivity contribution in [2.24, 2.45) is 0 Å². The number of aryl methyl sites for hydroxylation is 1. The van der Waals surface area contributed by atoms with E-state index in [4.69, 9.17) is 5.11 Å². The fourth-order valence-corrected chi connectivity index (χ4v) is 1.60. The lowest BCUT2D eigenvalue weighted by molar-refractivity contribution is -0.384. The van der Waals surface area contributed by atoms with Gasteiger partial charge in [0.05, 0.1) is 11.0 Å². The van der Waals surface area contributed by atoms with E-state index in [1.165, 1.54) is 6.07 Å². The van der Waals surface area contributed by atoms with Crippen LogP contribution in [0.3, 0.4) is 0 Å². The Morgan fingerprint density at radius 3 is 2.72 bits per heavy atom. The molecular weight excluding hydrogens is 239 g/mol. The highest BCUT2D eigenvalue weighted by atomic mass is 19.1. The molecule has 2 N–H and O–H groups in total. The number of aliphatic hydroxyl groups is 1. The third kappa shape index (κ3) is 3.96. The number of rotatable bonds is 7. The minimum Gasteiger partial charge on any atom is -0.396 e. The average molecular weight is 256 g/mol. The molecule has 0 bridgehead atoms. The highest BCUT2D eigenvalue weighted by molar-refractivity contribution is 5.63. The summed E-state index contributed by atoms with van der Waals surface area (Å²) in [5, 5.41) is 22.3. The Morgan fingerprint density at radius 1 is 1.39 bits per heavy atom. The quantitative estimate of drug-likeness (QED) is 0.446. The van der Waals surface area contributed by atoms with E-state index < -0.39 is 10.7 Å². The molecule has 0 unspecified atom stereocenters. The first-order chi connectivity index (χ1) is 8.56. The van der Waals surface area contributed by atoms with E-state index in [0.29, 0.717) is 24.2 Å². The Bertz CT molecular complexity index is 424. The Balaban J connectivity index is 2.68. The van der Waals surface area contributed by atoms with E-state index in [-0.39, 0.29) is 12.3 Å². The molecule has 0 aromatic heterocycles. The Morgan fingerprint density at radius 2 is 2.11 bits per heavy atom. The highest BCUT2D eigenvalue weighted by Crippen LogP contribution is 2.27. The number of hydrogen-bond acceptors (Lipinski definition) is 4. The van der Waals surface area contributed by atoms with Gasteiger partial charge in [-0.15, -0.1) is 0 Å². The lowest BCUT2D eigenvalue weighted by Gasteiger charge is -2.08. The van der Waals surface area contributed by atoms with Gasteiger partial charge in [-0.3, -0.25) is 10.1 Å². The molecule has 0 aliphatic heterocycles. The summed E-state index contributed by atoms with van der Waals surface area (Å²) in [6.07, 6.45) is 2.36. The van der Waals surface area contributed by atoms with Crippen molar-refractivity contribution in [2.45, 2.75) is 26.2 Å². The summed E-state index contributed by atoms with van der Waals surface area (Å²) in [7, 11) is 0. The van der Waals surface area contributed by atoms with Crippen LogP contribution in [0, 0.1) is 22.9 Å². The third-order valence-electron chi connectivity index (χ3n) is 2.62. The molecule has 0 saturated carbocycles. The second-order valence-electron chi connectivity index (χ2n) is 4.09. The van der Waals surface area contributed by atoms with Crippen molar-refractivity contribution in [3.63, 3.8) is 0 Å². The molecule has 0 fully saturated rings. The summed E-state index contributed by atoms with van der Waals surface area (Å²) in [4.78, 5) is 10.2. The van der Waals surface area contributed by atoms with Crippen LogP contribution in [0.1, 0.15) is 24.8 Å². The van der Waals surface area contributed by atoms with Crippen LogP contribution in [-0.4, -0.2) is 23.2 Å². The minimum absolute atomic E-state index is 0.149. The van der Waals surface area contributed by atoms with Crippen LogP contribution in [0.4, 0.5) is 15.8 Å². The predicted molar refractivity (Wildman–Crippen MR) is 67.2 cm³/mol. The van der Waals surface area contributed by atoms with Crippen molar-refractivity contribution in [3.8, 4) is 0 Å². The van der Waals surface area contributed by atoms with E-state index in [1.54, 1.807) is 6.92 Å². The number of halogens is 1. The molecule has 0 saturated heterocycles. The van der Waals surface area contributed by atoms with Crippen LogP contribution in [0.5, 0.6) is 0 Å². The number of anilines is 1. The van der Waals surface area contributed by atoms with Gasteiger partial charge >= 0.3 is 0 Å². The molecule has 0 heterocycles. The Labute approximate surface area is 105 Å². The van der Waals surface area contributed by atoms with Gasteiger partial charge in [0, 0.05) is 13.2 Å². The van der Waals surface area contributed by atoms with Crippen LogP contribution >= 0.6 is 0 Å². The molecule has 5 nitrogen and oxygen atoms in total. The minimum atomic E-state index is -0.599. The van der Waals surface area contributed by atoms with Gasteiger partial charge in [-0.1, -0.05) is 0 Å². The predicted octanol–water partition coefficient (Wildman–Crippen LogP) is 2.62. The zero-order chi connectivity index (χ0) is 13.5. The van der Waals surface area contributed by atoms with Gasteiger partial charge in [-0.05, 0) is 37.8 Å². The maximum atomic E-state index is 13.2. The summed E-state index contributed by atoms with van der Waals surface area (Å²) < 4.78 is 13.2. The van der Waals surface area contributed by atoms with E-state index >= 15 is 0 Å². The van der Waals surface area contributed by atoms with Crippen molar-refractivity contribution in [1.29, 1.82) is 0 Å². The number of unbranched alkanes of at least 4 members (excludes halogenated alkanes) is 2. The number of hydrogen-bond donors (Lipinski definition) is 2. The molecule has 0 amide bonds. The van der Waals surface area contributed by atoms with Crippen molar-refractivity contribution in [1.82, 2.24) is 0 Å². The molecule has 1 aromatic rings. The lowest BCUT2D eigenvalue weighted by atomic mass is 10.1. The van der Waals surface area contributed by atoms with Gasteiger partial charge < -0.3 is 10.4 Å². The third-order valence-corrected chi connectivity index (χ3v) is 2.62.